The standard InChI is InChI=1S/C26H23FN4O4/c27-21-9-5-19(6-10-21)16-30-22-2-1-11-28-23(22)31(26(34)25(30)33)17-18-3-7-20(8-4-18)24(32)29-12-14-35-15-13-29/h1-11H,12-17H2. The van der Waals surface area contributed by atoms with Gasteiger partial charge in [0.05, 0.1) is 31.8 Å². The first-order chi connectivity index (χ1) is 17.0. The zero-order chi connectivity index (χ0) is 24.4. The molecule has 0 saturated carbocycles. The Bertz CT molecular complexity index is 1490. The van der Waals surface area contributed by atoms with Crippen molar-refractivity contribution in [1.82, 2.24) is 19.0 Å². The van der Waals surface area contributed by atoms with Gasteiger partial charge in [-0.1, -0.05) is 24.3 Å². The minimum absolute atomic E-state index is 0.0625. The fourth-order valence-corrected chi connectivity index (χ4v) is 4.20. The molecule has 4 aromatic rings. The number of carbonyl (C=O) groups excluding carboxylic acids is 1. The minimum Gasteiger partial charge on any atom is -0.378 e. The van der Waals surface area contributed by atoms with Crippen molar-refractivity contribution in [1.29, 1.82) is 0 Å². The predicted molar refractivity (Wildman–Crippen MR) is 128 cm³/mol. The highest BCUT2D eigenvalue weighted by molar-refractivity contribution is 5.94. The van der Waals surface area contributed by atoms with Crippen molar-refractivity contribution in [3.05, 3.63) is 110 Å². The zero-order valence-electron chi connectivity index (χ0n) is 18.9. The maximum atomic E-state index is 13.3. The Balaban J connectivity index is 1.46. The van der Waals surface area contributed by atoms with Gasteiger partial charge in [-0.3, -0.25) is 23.5 Å². The van der Waals surface area contributed by atoms with Gasteiger partial charge >= 0.3 is 11.1 Å². The van der Waals surface area contributed by atoms with Gasteiger partial charge in [0.25, 0.3) is 5.91 Å². The Morgan fingerprint density at radius 2 is 1.46 bits per heavy atom. The van der Waals surface area contributed by atoms with Crippen molar-refractivity contribution in [3.63, 3.8) is 0 Å². The number of morpholine rings is 1. The van der Waals surface area contributed by atoms with E-state index in [2.05, 4.69) is 4.98 Å². The van der Waals surface area contributed by atoms with E-state index < -0.39 is 11.1 Å². The van der Waals surface area contributed by atoms with Gasteiger partial charge in [0.1, 0.15) is 5.82 Å². The topological polar surface area (TPSA) is 86.4 Å². The second kappa shape index (κ2) is 9.63. The second-order valence-electron chi connectivity index (χ2n) is 8.36. The molecule has 1 fully saturated rings. The van der Waals surface area contributed by atoms with Crippen LogP contribution in [0.25, 0.3) is 11.2 Å². The Kier molecular flexibility index (Phi) is 6.24. The van der Waals surface area contributed by atoms with E-state index in [4.69, 9.17) is 4.74 Å². The molecule has 2 aromatic heterocycles. The van der Waals surface area contributed by atoms with E-state index >= 15 is 0 Å². The third-order valence-corrected chi connectivity index (χ3v) is 6.08. The van der Waals surface area contributed by atoms with Crippen molar-refractivity contribution in [2.45, 2.75) is 13.1 Å². The van der Waals surface area contributed by atoms with Gasteiger partial charge in [0, 0.05) is 24.8 Å². The van der Waals surface area contributed by atoms with Crippen LogP contribution in [0, 0.1) is 5.82 Å². The predicted octanol–water partition coefficient (Wildman–Crippen LogP) is 2.27. The minimum atomic E-state index is -0.702. The highest BCUT2D eigenvalue weighted by Gasteiger charge is 2.19. The summed E-state index contributed by atoms with van der Waals surface area (Å²) in [6.45, 7) is 2.42. The fourth-order valence-electron chi connectivity index (χ4n) is 4.20. The molecule has 3 heterocycles. The molecule has 35 heavy (non-hydrogen) atoms. The first-order valence-corrected chi connectivity index (χ1v) is 11.3. The van der Waals surface area contributed by atoms with Crippen molar-refractivity contribution < 1.29 is 13.9 Å². The van der Waals surface area contributed by atoms with Crippen LogP contribution in [-0.4, -0.2) is 51.2 Å². The number of ether oxygens (including phenoxy) is 1. The van der Waals surface area contributed by atoms with Crippen molar-refractivity contribution in [2.24, 2.45) is 0 Å². The van der Waals surface area contributed by atoms with Gasteiger partial charge in [0.2, 0.25) is 0 Å². The quantitative estimate of drug-likeness (QED) is 0.414. The van der Waals surface area contributed by atoms with E-state index in [1.807, 2.05) is 0 Å². The molecule has 1 aliphatic rings. The number of aromatic nitrogens is 3. The van der Waals surface area contributed by atoms with Gasteiger partial charge in [-0.2, -0.15) is 0 Å². The summed E-state index contributed by atoms with van der Waals surface area (Å²) >= 11 is 0. The lowest BCUT2D eigenvalue weighted by Crippen LogP contribution is -2.42. The molecule has 2 aromatic carbocycles. The molecule has 0 bridgehead atoms. The molecule has 0 spiro atoms. The Hall–Kier alpha value is -4.11. The zero-order valence-corrected chi connectivity index (χ0v) is 18.9. The van der Waals surface area contributed by atoms with Crippen LogP contribution in [0.2, 0.25) is 0 Å². The third kappa shape index (κ3) is 4.63. The molecule has 1 amide bonds. The largest absolute Gasteiger partial charge is 0.378 e. The molecule has 178 valence electrons. The Morgan fingerprint density at radius 3 is 2.14 bits per heavy atom. The maximum Gasteiger partial charge on any atom is 0.318 e. The van der Waals surface area contributed by atoms with E-state index in [1.54, 1.807) is 59.6 Å². The average molecular weight is 474 g/mol. The second-order valence-corrected chi connectivity index (χ2v) is 8.36. The molecule has 0 radical (unpaired) electrons. The summed E-state index contributed by atoms with van der Waals surface area (Å²) in [5.74, 6) is -0.437. The van der Waals surface area contributed by atoms with Gasteiger partial charge in [-0.05, 0) is 47.5 Å². The molecule has 1 aliphatic heterocycles. The van der Waals surface area contributed by atoms with E-state index in [0.29, 0.717) is 48.6 Å². The molecule has 8 nitrogen and oxygen atoms in total. The third-order valence-electron chi connectivity index (χ3n) is 6.08. The van der Waals surface area contributed by atoms with E-state index in [1.165, 1.54) is 21.3 Å². The molecule has 0 atom stereocenters. The number of carbonyl (C=O) groups is 1. The monoisotopic (exact) mass is 474 g/mol. The number of fused-ring (bicyclic) bond motifs is 1. The lowest BCUT2D eigenvalue weighted by molar-refractivity contribution is 0.0303. The van der Waals surface area contributed by atoms with Crippen molar-refractivity contribution in [2.75, 3.05) is 26.3 Å². The number of hydrogen-bond acceptors (Lipinski definition) is 5. The van der Waals surface area contributed by atoms with Crippen LogP contribution >= 0.6 is 0 Å². The van der Waals surface area contributed by atoms with Crippen molar-refractivity contribution in [3.8, 4) is 0 Å². The molecule has 0 aliphatic carbocycles. The van der Waals surface area contributed by atoms with E-state index in [-0.39, 0.29) is 24.8 Å². The molecule has 1 saturated heterocycles. The summed E-state index contributed by atoms with van der Waals surface area (Å²) in [7, 11) is 0. The molecule has 0 N–H and O–H groups in total. The van der Waals surface area contributed by atoms with Crippen LogP contribution in [0.15, 0.2) is 76.4 Å². The van der Waals surface area contributed by atoms with Crippen LogP contribution in [0.3, 0.4) is 0 Å². The SMILES string of the molecule is O=C(c1ccc(Cn2c(=O)c(=O)n(Cc3ccc(F)cc3)c3cccnc32)cc1)N1CCOCC1. The molecular formula is C26H23FN4O4. The number of nitrogens with zero attached hydrogens (tertiary/aromatic N) is 4. The summed E-state index contributed by atoms with van der Waals surface area (Å²) in [4.78, 5) is 45.0. The summed E-state index contributed by atoms with van der Waals surface area (Å²) in [5.41, 5.74) is 1.49. The maximum absolute atomic E-state index is 13.3. The lowest BCUT2D eigenvalue weighted by Gasteiger charge is -2.26. The van der Waals surface area contributed by atoms with Crippen LogP contribution in [0.1, 0.15) is 21.5 Å². The molecule has 0 unspecified atom stereocenters. The number of pyridine rings is 1. The molecule has 5 rings (SSSR count). The van der Waals surface area contributed by atoms with E-state index in [9.17, 15) is 18.8 Å². The summed E-state index contributed by atoms with van der Waals surface area (Å²) in [6.07, 6.45) is 1.56. The number of hydrogen-bond donors (Lipinski definition) is 0. The number of halogens is 1. The first kappa shape index (κ1) is 22.7. The smallest absolute Gasteiger partial charge is 0.318 e. The lowest BCUT2D eigenvalue weighted by atomic mass is 10.1. The first-order valence-electron chi connectivity index (χ1n) is 11.3. The number of benzene rings is 2. The number of amides is 1. The van der Waals surface area contributed by atoms with Crippen LogP contribution in [0.4, 0.5) is 4.39 Å². The summed E-state index contributed by atoms with van der Waals surface area (Å²) in [6, 6.07) is 16.2. The summed E-state index contributed by atoms with van der Waals surface area (Å²) < 4.78 is 21.3. The normalized spacial score (nSPS) is 13.8. The van der Waals surface area contributed by atoms with Gasteiger partial charge in [-0.25, -0.2) is 9.37 Å². The highest BCUT2D eigenvalue weighted by Crippen LogP contribution is 2.14. The van der Waals surface area contributed by atoms with Crippen LogP contribution in [-0.2, 0) is 17.8 Å². The Morgan fingerprint density at radius 1 is 0.857 bits per heavy atom. The van der Waals surface area contributed by atoms with E-state index in [0.717, 1.165) is 5.56 Å². The Labute approximate surface area is 199 Å². The van der Waals surface area contributed by atoms with Gasteiger partial charge < -0.3 is 9.64 Å². The van der Waals surface area contributed by atoms with Crippen molar-refractivity contribution >= 4 is 17.1 Å². The van der Waals surface area contributed by atoms with Crippen LogP contribution in [0.5, 0.6) is 0 Å². The van der Waals surface area contributed by atoms with Gasteiger partial charge in [0.15, 0.2) is 5.65 Å². The van der Waals surface area contributed by atoms with Crippen LogP contribution < -0.4 is 11.1 Å². The molecule has 9 heteroatoms. The van der Waals surface area contributed by atoms with Gasteiger partial charge in [-0.15, -0.1) is 0 Å². The molecular weight excluding hydrogens is 451 g/mol. The summed E-state index contributed by atoms with van der Waals surface area (Å²) in [5, 5.41) is 0. The number of rotatable bonds is 5. The average Bonchev–Trinajstić information content (AvgIpc) is 2.90. The highest BCUT2D eigenvalue weighted by atomic mass is 19.1. The fraction of sp³-hybridized carbons (Fsp3) is 0.231.